The van der Waals surface area contributed by atoms with Gasteiger partial charge in [0, 0.05) is 43.4 Å². The van der Waals surface area contributed by atoms with Crippen LogP contribution < -0.4 is 5.73 Å². The van der Waals surface area contributed by atoms with Gasteiger partial charge >= 0.3 is 17.9 Å². The largest absolute Gasteiger partial charge is 0.463 e. The van der Waals surface area contributed by atoms with Crippen molar-refractivity contribution >= 4 is 57.5 Å². The van der Waals surface area contributed by atoms with E-state index in [-0.39, 0.29) is 12.4 Å². The molecule has 29 heavy (non-hydrogen) atoms. The third-order valence-electron chi connectivity index (χ3n) is 4.06. The van der Waals surface area contributed by atoms with Gasteiger partial charge in [0.25, 0.3) is 0 Å². The molecule has 3 rings (SSSR count). The Bertz CT molecular complexity index is 965. The van der Waals surface area contributed by atoms with E-state index in [0.717, 1.165) is 0 Å². The van der Waals surface area contributed by atoms with Gasteiger partial charge in [-0.2, -0.15) is 0 Å². The second-order valence-corrected chi connectivity index (χ2v) is 7.16. The van der Waals surface area contributed by atoms with Gasteiger partial charge in [0.05, 0.1) is 0 Å². The van der Waals surface area contributed by atoms with Gasteiger partial charge in [-0.1, -0.05) is 0 Å². The van der Waals surface area contributed by atoms with E-state index in [9.17, 15) is 14.4 Å². The zero-order chi connectivity index (χ0) is 21.3. The molecule has 1 aliphatic heterocycles. The number of halogens is 1. The highest BCUT2D eigenvalue weighted by atomic mass is 127. The van der Waals surface area contributed by atoms with Crippen LogP contribution in [0.5, 0.6) is 0 Å². The summed E-state index contributed by atoms with van der Waals surface area (Å²) < 4.78 is 23.8. The molecule has 0 aromatic carbocycles. The summed E-state index contributed by atoms with van der Waals surface area (Å²) in [6, 6.07) is 0. The molecule has 156 valence electrons. The molecule has 0 bridgehead atoms. The summed E-state index contributed by atoms with van der Waals surface area (Å²) in [5.41, 5.74) is 6.56. The molecule has 13 heteroatoms. The first-order chi connectivity index (χ1) is 13.7. The van der Waals surface area contributed by atoms with E-state index in [4.69, 9.17) is 24.7 Å². The summed E-state index contributed by atoms with van der Waals surface area (Å²) in [4.78, 5) is 47.1. The fourth-order valence-electron chi connectivity index (χ4n) is 3.03. The lowest BCUT2D eigenvalue weighted by Gasteiger charge is -2.24. The zero-order valence-electron chi connectivity index (χ0n) is 15.7. The smallest absolute Gasteiger partial charge is 0.303 e. The monoisotopic (exact) mass is 519 g/mol. The number of nitrogen functional groups attached to an aromatic ring is 1. The number of imidazole rings is 1. The van der Waals surface area contributed by atoms with Crippen LogP contribution in [0.4, 0.5) is 5.82 Å². The Balaban J connectivity index is 2.07. The van der Waals surface area contributed by atoms with Crippen LogP contribution in [0.3, 0.4) is 0 Å². The highest BCUT2D eigenvalue weighted by Gasteiger charge is 2.51. The SMILES string of the molecule is CC(=O)OC[C@H]1O[C@@H](n2c(I)nc3c(N)ncnc32)[C@H](OC(C)=O)[C@@H]1OC(C)=O. The van der Waals surface area contributed by atoms with Gasteiger partial charge in [-0.15, -0.1) is 0 Å². The summed E-state index contributed by atoms with van der Waals surface area (Å²) >= 11 is 1.95. The molecule has 1 fully saturated rings. The maximum Gasteiger partial charge on any atom is 0.303 e. The highest BCUT2D eigenvalue weighted by Crippen LogP contribution is 2.37. The van der Waals surface area contributed by atoms with Crippen LogP contribution in [0.25, 0.3) is 11.2 Å². The lowest BCUT2D eigenvalue weighted by Crippen LogP contribution is -2.40. The summed E-state index contributed by atoms with van der Waals surface area (Å²) in [6.07, 6.45) is -2.64. The van der Waals surface area contributed by atoms with E-state index in [1.54, 1.807) is 4.57 Å². The Morgan fingerprint density at radius 1 is 1.14 bits per heavy atom. The van der Waals surface area contributed by atoms with Crippen molar-refractivity contribution in [2.45, 2.75) is 45.3 Å². The number of carbonyl (C=O) groups excluding carboxylic acids is 3. The summed E-state index contributed by atoms with van der Waals surface area (Å²) in [5.74, 6) is -1.59. The van der Waals surface area contributed by atoms with E-state index in [1.807, 2.05) is 22.6 Å². The van der Waals surface area contributed by atoms with Gasteiger partial charge in [-0.05, 0) is 0 Å². The number of rotatable bonds is 5. The lowest BCUT2D eigenvalue weighted by molar-refractivity contribution is -0.166. The molecule has 0 amide bonds. The molecule has 12 nitrogen and oxygen atoms in total. The average Bonchev–Trinajstić information content (AvgIpc) is 3.11. The van der Waals surface area contributed by atoms with Gasteiger partial charge in [0.15, 0.2) is 39.2 Å². The first kappa shape index (κ1) is 21.2. The van der Waals surface area contributed by atoms with Gasteiger partial charge in [-0.3, -0.25) is 19.0 Å². The van der Waals surface area contributed by atoms with Crippen LogP contribution in [0, 0.1) is 3.83 Å². The Morgan fingerprint density at radius 2 is 1.79 bits per heavy atom. The molecule has 4 atom stereocenters. The van der Waals surface area contributed by atoms with Crippen LogP contribution in [-0.2, 0) is 33.3 Å². The van der Waals surface area contributed by atoms with Gasteiger partial charge < -0.3 is 24.7 Å². The van der Waals surface area contributed by atoms with E-state index >= 15 is 0 Å². The van der Waals surface area contributed by atoms with Crippen LogP contribution in [0.2, 0.25) is 0 Å². The Labute approximate surface area is 178 Å². The summed E-state index contributed by atoms with van der Waals surface area (Å²) in [7, 11) is 0. The molecule has 0 radical (unpaired) electrons. The minimum atomic E-state index is -1.04. The molecule has 0 spiro atoms. The van der Waals surface area contributed by atoms with Crippen LogP contribution in [0.15, 0.2) is 6.33 Å². The highest BCUT2D eigenvalue weighted by molar-refractivity contribution is 14.1. The lowest BCUT2D eigenvalue weighted by atomic mass is 10.1. The van der Waals surface area contributed by atoms with E-state index in [0.29, 0.717) is 15.0 Å². The number of hydrogen-bond acceptors (Lipinski definition) is 11. The van der Waals surface area contributed by atoms with Crippen molar-refractivity contribution in [2.75, 3.05) is 12.3 Å². The number of ether oxygens (including phenoxy) is 4. The van der Waals surface area contributed by atoms with Crippen molar-refractivity contribution in [3.63, 3.8) is 0 Å². The Hall–Kier alpha value is -2.55. The molecule has 1 saturated heterocycles. The molecule has 0 unspecified atom stereocenters. The molecular weight excluding hydrogens is 501 g/mol. The topological polar surface area (TPSA) is 158 Å². The number of esters is 3. The van der Waals surface area contributed by atoms with Crippen molar-refractivity contribution in [2.24, 2.45) is 0 Å². The normalized spacial score (nSPS) is 23.7. The first-order valence-electron chi connectivity index (χ1n) is 8.46. The second-order valence-electron chi connectivity index (χ2n) is 6.20. The summed E-state index contributed by atoms with van der Waals surface area (Å²) in [5, 5.41) is 0. The molecule has 1 aliphatic rings. The standard InChI is InChI=1S/C16H18IN5O7/c1-6(23)26-4-9-11(27-7(2)24)12(28-8(3)25)15(29-9)22-14-10(21-16(22)17)13(18)19-5-20-14/h5,9,11-12,15H,4H2,1-3H3,(H2,18,19,20)/t9-,11-,12-,15-/m1/s1. The van der Waals surface area contributed by atoms with E-state index in [1.165, 1.54) is 27.1 Å². The van der Waals surface area contributed by atoms with Crippen molar-refractivity contribution in [1.82, 2.24) is 19.5 Å². The number of carbonyl (C=O) groups is 3. The van der Waals surface area contributed by atoms with E-state index < -0.39 is 42.4 Å². The van der Waals surface area contributed by atoms with Crippen LogP contribution in [0.1, 0.15) is 27.0 Å². The zero-order valence-corrected chi connectivity index (χ0v) is 17.9. The number of anilines is 1. The minimum Gasteiger partial charge on any atom is -0.463 e. The molecule has 0 saturated carbocycles. The predicted molar refractivity (Wildman–Crippen MR) is 104 cm³/mol. The first-order valence-corrected chi connectivity index (χ1v) is 9.54. The fraction of sp³-hybridized carbons (Fsp3) is 0.500. The second kappa shape index (κ2) is 8.44. The predicted octanol–water partition coefficient (Wildman–Crippen LogP) is 0.337. The molecule has 0 aliphatic carbocycles. The Kier molecular flexibility index (Phi) is 6.16. The molecule has 2 aromatic heterocycles. The van der Waals surface area contributed by atoms with Gasteiger partial charge in [0.2, 0.25) is 0 Å². The number of nitrogens with two attached hydrogens (primary N) is 1. The maximum absolute atomic E-state index is 11.7. The number of nitrogens with zero attached hydrogens (tertiary/aromatic N) is 4. The van der Waals surface area contributed by atoms with Gasteiger partial charge in [0.1, 0.15) is 19.0 Å². The van der Waals surface area contributed by atoms with Crippen LogP contribution in [-0.4, -0.2) is 62.3 Å². The maximum atomic E-state index is 11.7. The van der Waals surface area contributed by atoms with Crippen molar-refractivity contribution in [1.29, 1.82) is 0 Å². The third kappa shape index (κ3) is 4.39. The van der Waals surface area contributed by atoms with E-state index in [2.05, 4.69) is 15.0 Å². The third-order valence-corrected chi connectivity index (χ3v) is 4.82. The quantitative estimate of drug-likeness (QED) is 0.251. The van der Waals surface area contributed by atoms with Crippen molar-refractivity contribution in [3.05, 3.63) is 10.2 Å². The Morgan fingerprint density at radius 3 is 2.41 bits per heavy atom. The molecule has 3 heterocycles. The number of hydrogen-bond donors (Lipinski definition) is 1. The molecule has 2 N–H and O–H groups in total. The molecule has 2 aromatic rings. The molecular formula is C16H18IN5O7. The fourth-order valence-corrected chi connectivity index (χ4v) is 3.77. The van der Waals surface area contributed by atoms with Crippen LogP contribution >= 0.6 is 22.6 Å². The number of fused-ring (bicyclic) bond motifs is 1. The minimum absolute atomic E-state index is 0.168. The average molecular weight is 519 g/mol. The van der Waals surface area contributed by atoms with Gasteiger partial charge in [-0.25, -0.2) is 15.0 Å². The van der Waals surface area contributed by atoms with Crippen molar-refractivity contribution < 1.29 is 33.3 Å². The summed E-state index contributed by atoms with van der Waals surface area (Å²) in [6.45, 7) is 3.47. The van der Waals surface area contributed by atoms with Crippen molar-refractivity contribution in [3.8, 4) is 0 Å². The number of aromatic nitrogens is 4.